The molecule has 0 spiro atoms. The quantitative estimate of drug-likeness (QED) is 0.490. The van der Waals surface area contributed by atoms with Gasteiger partial charge in [0.15, 0.2) is 0 Å². The van der Waals surface area contributed by atoms with Crippen LogP contribution in [0.25, 0.3) is 11.5 Å². The summed E-state index contributed by atoms with van der Waals surface area (Å²) in [7, 11) is 0. The van der Waals surface area contributed by atoms with Gasteiger partial charge in [-0.25, -0.2) is 0 Å². The number of aromatic nitrogens is 2. The normalized spacial score (nSPS) is 15.1. The van der Waals surface area contributed by atoms with E-state index < -0.39 is 6.61 Å². The predicted octanol–water partition coefficient (Wildman–Crippen LogP) is 4.17. The highest BCUT2D eigenvalue weighted by Crippen LogP contribution is 2.28. The first-order chi connectivity index (χ1) is 15.5. The molecular formula is C22H22F2N4O3S. The zero-order valence-corrected chi connectivity index (χ0v) is 18.2. The zero-order valence-electron chi connectivity index (χ0n) is 17.4. The van der Waals surface area contributed by atoms with Crippen LogP contribution in [0.15, 0.2) is 64.2 Å². The third kappa shape index (κ3) is 5.37. The molecule has 1 atom stereocenters. The number of benzene rings is 2. The minimum Gasteiger partial charge on any atom is -0.435 e. The van der Waals surface area contributed by atoms with Gasteiger partial charge in [0, 0.05) is 37.4 Å². The van der Waals surface area contributed by atoms with Gasteiger partial charge in [0.25, 0.3) is 5.22 Å². The third-order valence-electron chi connectivity index (χ3n) is 5.07. The Morgan fingerprint density at radius 1 is 1.03 bits per heavy atom. The Kier molecular flexibility index (Phi) is 6.89. The van der Waals surface area contributed by atoms with E-state index in [1.54, 1.807) is 12.1 Å². The van der Waals surface area contributed by atoms with Crippen molar-refractivity contribution in [2.24, 2.45) is 0 Å². The van der Waals surface area contributed by atoms with Crippen molar-refractivity contribution in [1.82, 2.24) is 15.1 Å². The van der Waals surface area contributed by atoms with Crippen LogP contribution < -0.4 is 9.64 Å². The Morgan fingerprint density at radius 3 is 2.38 bits per heavy atom. The van der Waals surface area contributed by atoms with Crippen molar-refractivity contribution in [2.75, 3.05) is 31.1 Å². The second-order valence-corrected chi connectivity index (χ2v) is 8.48. The molecule has 0 N–H and O–H groups in total. The van der Waals surface area contributed by atoms with Gasteiger partial charge in [-0.15, -0.1) is 10.2 Å². The summed E-state index contributed by atoms with van der Waals surface area (Å²) in [5.41, 5.74) is 1.73. The van der Waals surface area contributed by atoms with E-state index in [9.17, 15) is 13.6 Å². The Balaban J connectivity index is 1.31. The molecule has 2 heterocycles. The number of piperazine rings is 1. The molecule has 0 radical (unpaired) electrons. The number of para-hydroxylation sites is 1. The van der Waals surface area contributed by atoms with Gasteiger partial charge >= 0.3 is 6.61 Å². The van der Waals surface area contributed by atoms with Gasteiger partial charge in [-0.1, -0.05) is 30.0 Å². The molecule has 1 saturated heterocycles. The molecule has 1 unspecified atom stereocenters. The standard InChI is InChI=1S/C22H22F2N4O3S/c1-15(20(29)28-13-11-27(12-14-28)17-5-3-2-4-6-17)32-22-26-25-19(31-22)16-7-9-18(10-8-16)30-21(23)24/h2-10,15,21H,11-14H2,1H3. The molecule has 1 amide bonds. The summed E-state index contributed by atoms with van der Waals surface area (Å²) in [6.07, 6.45) is 0. The van der Waals surface area contributed by atoms with E-state index in [1.807, 2.05) is 30.0 Å². The van der Waals surface area contributed by atoms with Gasteiger partial charge in [-0.05, 0) is 43.3 Å². The lowest BCUT2D eigenvalue weighted by Crippen LogP contribution is -2.50. The minimum atomic E-state index is -2.88. The van der Waals surface area contributed by atoms with Gasteiger partial charge in [-0.3, -0.25) is 4.79 Å². The smallest absolute Gasteiger partial charge is 0.387 e. The highest BCUT2D eigenvalue weighted by Gasteiger charge is 2.27. The van der Waals surface area contributed by atoms with Crippen LogP contribution in [0.1, 0.15) is 6.92 Å². The maximum Gasteiger partial charge on any atom is 0.387 e. The van der Waals surface area contributed by atoms with E-state index in [1.165, 1.54) is 23.9 Å². The van der Waals surface area contributed by atoms with Gasteiger partial charge in [0.1, 0.15) is 5.75 Å². The topological polar surface area (TPSA) is 71.7 Å². The van der Waals surface area contributed by atoms with Crippen molar-refractivity contribution >= 4 is 23.4 Å². The summed E-state index contributed by atoms with van der Waals surface area (Å²) >= 11 is 1.20. The molecule has 3 aromatic rings. The summed E-state index contributed by atoms with van der Waals surface area (Å²) in [4.78, 5) is 17.0. The van der Waals surface area contributed by atoms with E-state index in [0.29, 0.717) is 18.7 Å². The fourth-order valence-corrected chi connectivity index (χ4v) is 4.20. The van der Waals surface area contributed by atoms with Crippen molar-refractivity contribution in [3.8, 4) is 17.2 Å². The first-order valence-corrected chi connectivity index (χ1v) is 11.0. The fourth-order valence-electron chi connectivity index (χ4n) is 3.44. The van der Waals surface area contributed by atoms with Crippen molar-refractivity contribution in [2.45, 2.75) is 24.0 Å². The van der Waals surface area contributed by atoms with Crippen LogP contribution in [0.3, 0.4) is 0 Å². The molecule has 0 aliphatic carbocycles. The molecule has 1 aromatic heterocycles. The summed E-state index contributed by atoms with van der Waals surface area (Å²) < 4.78 is 34.5. The predicted molar refractivity (Wildman–Crippen MR) is 117 cm³/mol. The van der Waals surface area contributed by atoms with Crippen LogP contribution in [-0.4, -0.2) is 59.0 Å². The minimum absolute atomic E-state index is 0.0240. The molecule has 1 aliphatic heterocycles. The van der Waals surface area contributed by atoms with Crippen LogP contribution in [0.2, 0.25) is 0 Å². The van der Waals surface area contributed by atoms with Crippen LogP contribution in [0.4, 0.5) is 14.5 Å². The van der Waals surface area contributed by atoms with Gasteiger partial charge in [0.2, 0.25) is 11.8 Å². The molecule has 168 valence electrons. The number of alkyl halides is 2. The molecule has 1 fully saturated rings. The second-order valence-electron chi connectivity index (χ2n) is 7.18. The van der Waals surface area contributed by atoms with E-state index >= 15 is 0 Å². The molecule has 7 nitrogen and oxygen atoms in total. The second kappa shape index (κ2) is 9.99. The Hall–Kier alpha value is -3.14. The van der Waals surface area contributed by atoms with Gasteiger partial charge in [0.05, 0.1) is 5.25 Å². The average Bonchev–Trinajstić information content (AvgIpc) is 3.28. The van der Waals surface area contributed by atoms with E-state index in [-0.39, 0.29) is 28.0 Å². The maximum atomic E-state index is 12.9. The molecule has 10 heteroatoms. The first-order valence-electron chi connectivity index (χ1n) is 10.1. The van der Waals surface area contributed by atoms with Crippen LogP contribution in [0.5, 0.6) is 5.75 Å². The van der Waals surface area contributed by atoms with Gasteiger partial charge < -0.3 is 19.0 Å². The van der Waals surface area contributed by atoms with Crippen LogP contribution >= 0.6 is 11.8 Å². The number of hydrogen-bond donors (Lipinski definition) is 0. The van der Waals surface area contributed by atoms with Gasteiger partial charge in [-0.2, -0.15) is 8.78 Å². The number of rotatable bonds is 7. The number of hydrogen-bond acceptors (Lipinski definition) is 7. The average molecular weight is 461 g/mol. The van der Waals surface area contributed by atoms with E-state index in [2.05, 4.69) is 32.0 Å². The monoisotopic (exact) mass is 460 g/mol. The van der Waals surface area contributed by atoms with Crippen molar-refractivity contribution < 1.29 is 22.7 Å². The summed E-state index contributed by atoms with van der Waals surface area (Å²) in [5.74, 6) is 0.313. The molecule has 32 heavy (non-hydrogen) atoms. The van der Waals surface area contributed by atoms with E-state index in [0.717, 1.165) is 18.8 Å². The van der Waals surface area contributed by atoms with Crippen molar-refractivity contribution in [3.05, 3.63) is 54.6 Å². The number of thioether (sulfide) groups is 1. The molecule has 1 aliphatic rings. The molecule has 2 aromatic carbocycles. The Bertz CT molecular complexity index is 1030. The lowest BCUT2D eigenvalue weighted by Gasteiger charge is -2.37. The zero-order chi connectivity index (χ0) is 22.5. The maximum absolute atomic E-state index is 12.9. The van der Waals surface area contributed by atoms with Crippen LogP contribution in [0, 0.1) is 0 Å². The summed E-state index contributed by atoms with van der Waals surface area (Å²) in [6.45, 7) is 1.80. The number of amides is 1. The lowest BCUT2D eigenvalue weighted by atomic mass is 10.2. The van der Waals surface area contributed by atoms with Crippen LogP contribution in [-0.2, 0) is 4.79 Å². The highest BCUT2D eigenvalue weighted by molar-refractivity contribution is 8.00. The first kappa shape index (κ1) is 22.1. The molecule has 0 saturated carbocycles. The summed E-state index contributed by atoms with van der Waals surface area (Å²) in [6, 6.07) is 16.1. The number of nitrogens with zero attached hydrogens (tertiary/aromatic N) is 4. The largest absolute Gasteiger partial charge is 0.435 e. The number of anilines is 1. The van der Waals surface area contributed by atoms with Crippen molar-refractivity contribution in [3.63, 3.8) is 0 Å². The third-order valence-corrected chi connectivity index (χ3v) is 5.99. The van der Waals surface area contributed by atoms with E-state index in [4.69, 9.17) is 4.42 Å². The Labute approximate surface area is 188 Å². The molecule has 0 bridgehead atoms. The number of carbonyl (C=O) groups excluding carboxylic acids is 1. The molecular weight excluding hydrogens is 438 g/mol. The number of ether oxygens (including phenoxy) is 1. The lowest BCUT2D eigenvalue weighted by molar-refractivity contribution is -0.130. The Morgan fingerprint density at radius 2 is 1.72 bits per heavy atom. The highest BCUT2D eigenvalue weighted by atomic mass is 32.2. The fraction of sp³-hybridized carbons (Fsp3) is 0.318. The SMILES string of the molecule is CC(Sc1nnc(-c2ccc(OC(F)F)cc2)o1)C(=O)N1CCN(c2ccccc2)CC1. The molecule has 4 rings (SSSR count). The number of halogens is 2. The number of carbonyl (C=O) groups is 1. The van der Waals surface area contributed by atoms with Crippen molar-refractivity contribution in [1.29, 1.82) is 0 Å². The summed E-state index contributed by atoms with van der Waals surface area (Å²) in [5, 5.41) is 7.88.